The maximum absolute atomic E-state index is 12.7. The minimum Gasteiger partial charge on any atom is -0.456 e. The summed E-state index contributed by atoms with van der Waals surface area (Å²) in [5.41, 5.74) is -2.79. The quantitative estimate of drug-likeness (QED) is 0.424. The van der Waals surface area contributed by atoms with Gasteiger partial charge in [0, 0.05) is 16.7 Å². The van der Waals surface area contributed by atoms with Crippen molar-refractivity contribution >= 4 is 5.97 Å². The van der Waals surface area contributed by atoms with Crippen molar-refractivity contribution in [2.75, 3.05) is 6.61 Å². The summed E-state index contributed by atoms with van der Waals surface area (Å²) in [4.78, 5) is 12.7. The molecule has 146 valence electrons. The smallest absolute Gasteiger partial charge is 0.313 e. The fourth-order valence-electron chi connectivity index (χ4n) is 7.89. The first-order chi connectivity index (χ1) is 12.1. The van der Waals surface area contributed by atoms with E-state index in [1.165, 1.54) is 0 Å². The van der Waals surface area contributed by atoms with Crippen LogP contribution in [0.15, 0.2) is 0 Å². The average Bonchev–Trinajstić information content (AvgIpc) is 2.94. The Bertz CT molecular complexity index is 668. The van der Waals surface area contributed by atoms with E-state index in [1.807, 2.05) is 13.8 Å². The molecule has 2 heterocycles. The van der Waals surface area contributed by atoms with Crippen molar-refractivity contribution in [1.82, 2.24) is 0 Å². The van der Waals surface area contributed by atoms with Crippen molar-refractivity contribution in [1.29, 1.82) is 0 Å². The summed E-state index contributed by atoms with van der Waals surface area (Å²) in [7, 11) is 0. The molecule has 5 aliphatic rings. The summed E-state index contributed by atoms with van der Waals surface area (Å²) in [6, 6.07) is 0. The van der Waals surface area contributed by atoms with Crippen molar-refractivity contribution in [3.63, 3.8) is 0 Å². The van der Waals surface area contributed by atoms with E-state index < -0.39 is 64.8 Å². The normalized spacial score (nSPS) is 66.1. The number of hydrogen-bond acceptors (Lipinski definition) is 7. The largest absolute Gasteiger partial charge is 0.456 e. The van der Waals surface area contributed by atoms with Gasteiger partial charge in [-0.25, -0.2) is 0 Å². The second kappa shape index (κ2) is 4.81. The van der Waals surface area contributed by atoms with Crippen molar-refractivity contribution in [2.24, 2.45) is 34.5 Å². The highest BCUT2D eigenvalue weighted by molar-refractivity contribution is 5.80. The van der Waals surface area contributed by atoms with Crippen molar-refractivity contribution in [3.8, 4) is 0 Å². The third-order valence-electron chi connectivity index (χ3n) is 8.89. The average molecular weight is 368 g/mol. The third kappa shape index (κ3) is 1.55. The van der Waals surface area contributed by atoms with Crippen LogP contribution in [0.2, 0.25) is 0 Å². The Kier molecular flexibility index (Phi) is 3.21. The lowest BCUT2D eigenvalue weighted by atomic mass is 9.38. The number of rotatable bonds is 0. The first kappa shape index (κ1) is 17.4. The van der Waals surface area contributed by atoms with Gasteiger partial charge >= 0.3 is 5.97 Å². The van der Waals surface area contributed by atoms with Crippen molar-refractivity contribution in [2.45, 2.75) is 69.7 Å². The van der Waals surface area contributed by atoms with Gasteiger partial charge in [0.2, 0.25) is 0 Å². The molecule has 2 aliphatic heterocycles. The maximum Gasteiger partial charge on any atom is 0.313 e. The van der Waals surface area contributed by atoms with Crippen LogP contribution in [0.25, 0.3) is 0 Å². The molecule has 1 spiro atoms. The second-order valence-electron chi connectivity index (χ2n) is 9.79. The lowest BCUT2D eigenvalue weighted by Gasteiger charge is -2.66. The lowest BCUT2D eigenvalue weighted by molar-refractivity contribution is -0.273. The Morgan fingerprint density at radius 1 is 1.12 bits per heavy atom. The van der Waals surface area contributed by atoms with Gasteiger partial charge in [-0.05, 0) is 31.6 Å². The van der Waals surface area contributed by atoms with E-state index in [0.717, 1.165) is 0 Å². The van der Waals surface area contributed by atoms with Crippen LogP contribution in [-0.2, 0) is 14.3 Å². The predicted molar refractivity (Wildman–Crippen MR) is 87.7 cm³/mol. The van der Waals surface area contributed by atoms with E-state index >= 15 is 0 Å². The summed E-state index contributed by atoms with van der Waals surface area (Å²) in [6.45, 7) is 5.84. The molecule has 26 heavy (non-hydrogen) atoms. The Labute approximate surface area is 152 Å². The minimum absolute atomic E-state index is 0.0689. The van der Waals surface area contributed by atoms with Gasteiger partial charge in [-0.3, -0.25) is 4.79 Å². The summed E-state index contributed by atoms with van der Waals surface area (Å²) < 4.78 is 11.5. The van der Waals surface area contributed by atoms with Gasteiger partial charge in [0.25, 0.3) is 0 Å². The first-order valence-corrected chi connectivity index (χ1v) is 9.66. The van der Waals surface area contributed by atoms with Crippen LogP contribution in [0.4, 0.5) is 0 Å². The van der Waals surface area contributed by atoms with Gasteiger partial charge in [0.15, 0.2) is 6.10 Å². The summed E-state index contributed by atoms with van der Waals surface area (Å²) >= 11 is 0. The van der Waals surface area contributed by atoms with Crippen molar-refractivity contribution in [3.05, 3.63) is 0 Å². The molecule has 5 rings (SSSR count). The Morgan fingerprint density at radius 3 is 2.50 bits per heavy atom. The zero-order valence-electron chi connectivity index (χ0n) is 15.3. The van der Waals surface area contributed by atoms with Crippen LogP contribution in [0, 0.1) is 34.5 Å². The van der Waals surface area contributed by atoms with Crippen LogP contribution < -0.4 is 0 Å². The zero-order valence-corrected chi connectivity index (χ0v) is 15.3. The molecule has 4 N–H and O–H groups in total. The number of fused-ring (bicyclic) bond motifs is 2. The van der Waals surface area contributed by atoms with E-state index in [-0.39, 0.29) is 18.4 Å². The van der Waals surface area contributed by atoms with Crippen LogP contribution in [-0.4, -0.2) is 69.1 Å². The number of aliphatic hydroxyl groups is 4. The molecule has 7 heteroatoms. The molecule has 4 bridgehead atoms. The highest BCUT2D eigenvalue weighted by Gasteiger charge is 2.83. The number of hydrogen-bond donors (Lipinski definition) is 4. The van der Waals surface area contributed by atoms with E-state index in [1.54, 1.807) is 6.92 Å². The molecule has 3 aliphatic carbocycles. The number of ether oxygens (including phenoxy) is 2. The van der Waals surface area contributed by atoms with Gasteiger partial charge in [-0.2, -0.15) is 0 Å². The predicted octanol–water partition coefficient (Wildman–Crippen LogP) is -0.557. The van der Waals surface area contributed by atoms with E-state index in [0.29, 0.717) is 12.8 Å². The van der Waals surface area contributed by atoms with Crippen LogP contribution >= 0.6 is 0 Å². The molecule has 0 aromatic heterocycles. The molecule has 0 aromatic carbocycles. The standard InChI is InChI=1S/C19H28O7/c1-7-4-9(20)14(23)17(2)8(7)5-10(21)19-6-25-18(3)13(19)16(24)26-15(18)11(22)12(17)19/h7-15,20-23H,4-6H2,1-3H3. The van der Waals surface area contributed by atoms with Gasteiger partial charge in [-0.1, -0.05) is 13.8 Å². The molecule has 0 radical (unpaired) electrons. The third-order valence-corrected chi connectivity index (χ3v) is 8.89. The van der Waals surface area contributed by atoms with Gasteiger partial charge in [0.1, 0.15) is 5.60 Å². The second-order valence-corrected chi connectivity index (χ2v) is 9.79. The Balaban J connectivity index is 1.73. The van der Waals surface area contributed by atoms with Crippen LogP contribution in [0.3, 0.4) is 0 Å². The Hall–Kier alpha value is -0.730. The molecule has 0 amide bonds. The topological polar surface area (TPSA) is 116 Å². The first-order valence-electron chi connectivity index (χ1n) is 9.66. The molecule has 12 atom stereocenters. The van der Waals surface area contributed by atoms with Gasteiger partial charge in [-0.15, -0.1) is 0 Å². The molecular weight excluding hydrogens is 340 g/mol. The zero-order chi connectivity index (χ0) is 18.8. The van der Waals surface area contributed by atoms with E-state index in [9.17, 15) is 25.2 Å². The van der Waals surface area contributed by atoms with E-state index in [2.05, 4.69) is 0 Å². The monoisotopic (exact) mass is 368 g/mol. The molecule has 7 nitrogen and oxygen atoms in total. The SMILES string of the molecule is CC1CC(O)C(O)C2(C)C1CC(O)C13COC4(C)C(OC(=O)C41)C(O)C23. The van der Waals surface area contributed by atoms with Crippen LogP contribution in [0.5, 0.6) is 0 Å². The minimum atomic E-state index is -1.06. The molecule has 0 aromatic rings. The summed E-state index contributed by atoms with van der Waals surface area (Å²) in [5.74, 6) is -1.67. The molecule has 3 saturated carbocycles. The number of esters is 1. The lowest BCUT2D eigenvalue weighted by Crippen LogP contribution is -2.74. The van der Waals surface area contributed by atoms with Crippen LogP contribution in [0.1, 0.15) is 33.6 Å². The molecular formula is C19H28O7. The van der Waals surface area contributed by atoms with Crippen molar-refractivity contribution < 1.29 is 34.7 Å². The van der Waals surface area contributed by atoms with Gasteiger partial charge < -0.3 is 29.9 Å². The molecule has 2 saturated heterocycles. The molecule has 12 unspecified atom stereocenters. The highest BCUT2D eigenvalue weighted by atomic mass is 16.6. The highest BCUT2D eigenvalue weighted by Crippen LogP contribution is 2.72. The fraction of sp³-hybridized carbons (Fsp3) is 0.947. The fourth-order valence-corrected chi connectivity index (χ4v) is 7.89. The number of aliphatic hydroxyl groups excluding tert-OH is 4. The van der Waals surface area contributed by atoms with E-state index in [4.69, 9.17) is 9.47 Å². The number of carbonyl (C=O) groups excluding carboxylic acids is 1. The maximum atomic E-state index is 12.7. The summed E-state index contributed by atoms with van der Waals surface area (Å²) in [5, 5.41) is 44.1. The summed E-state index contributed by atoms with van der Waals surface area (Å²) in [6.07, 6.45) is -3.75. The molecule has 5 fully saturated rings. The number of carbonyl (C=O) groups is 1. The van der Waals surface area contributed by atoms with Gasteiger partial charge in [0.05, 0.1) is 36.9 Å². The Morgan fingerprint density at radius 2 is 1.81 bits per heavy atom.